The monoisotopic (exact) mass is 297 g/mol. The van der Waals surface area contributed by atoms with Crippen molar-refractivity contribution in [2.24, 2.45) is 5.41 Å². The Balaban J connectivity index is 2.32. The minimum absolute atomic E-state index is 0.130. The molecule has 1 amide bonds. The number of carbonyl (C=O) groups is 2. The number of carbonyl (C=O) groups excluding carboxylic acids is 1. The predicted octanol–water partition coefficient (Wildman–Crippen LogP) is 2.82. The van der Waals surface area contributed by atoms with Crippen molar-refractivity contribution in [2.75, 3.05) is 7.11 Å². The summed E-state index contributed by atoms with van der Waals surface area (Å²) in [7, 11) is 1.29. The van der Waals surface area contributed by atoms with Gasteiger partial charge in [0.25, 0.3) is 0 Å². The van der Waals surface area contributed by atoms with Crippen LogP contribution < -0.4 is 5.32 Å². The number of ether oxygens (including phenoxy) is 1. The summed E-state index contributed by atoms with van der Waals surface area (Å²) in [5, 5.41) is 12.0. The number of carboxylic acids is 1. The highest BCUT2D eigenvalue weighted by Crippen LogP contribution is 2.41. The molecule has 0 spiro atoms. The van der Waals surface area contributed by atoms with Crippen molar-refractivity contribution in [3.63, 3.8) is 0 Å². The molecule has 1 aliphatic carbocycles. The van der Waals surface area contributed by atoms with E-state index >= 15 is 0 Å². The Morgan fingerprint density at radius 3 is 2.75 bits per heavy atom. The summed E-state index contributed by atoms with van der Waals surface area (Å²) in [5.74, 6) is -0.915. The molecule has 1 aromatic rings. The standard InChI is InChI=1S/C14H19NO4S/c1-14(2)5-4-9-8(6-14)11(12(16)17)10(20-9)7-15-13(18)19-3/h4-7H2,1-3H3,(H,15,18)(H,16,17). The van der Waals surface area contributed by atoms with Crippen LogP contribution in [-0.4, -0.2) is 24.3 Å². The summed E-state index contributed by atoms with van der Waals surface area (Å²) in [4.78, 5) is 24.5. The molecule has 0 atom stereocenters. The fraction of sp³-hybridized carbons (Fsp3) is 0.571. The third kappa shape index (κ3) is 2.95. The molecule has 110 valence electrons. The number of rotatable bonds is 3. The van der Waals surface area contributed by atoms with Gasteiger partial charge in [-0.05, 0) is 30.2 Å². The van der Waals surface area contributed by atoms with E-state index in [1.54, 1.807) is 0 Å². The van der Waals surface area contributed by atoms with E-state index in [-0.39, 0.29) is 12.0 Å². The number of aryl methyl sites for hydroxylation is 1. The summed E-state index contributed by atoms with van der Waals surface area (Å²) in [6.07, 6.45) is 2.20. The van der Waals surface area contributed by atoms with Gasteiger partial charge in [0.2, 0.25) is 0 Å². The van der Waals surface area contributed by atoms with Crippen molar-refractivity contribution >= 4 is 23.4 Å². The smallest absolute Gasteiger partial charge is 0.407 e. The maximum absolute atomic E-state index is 11.5. The van der Waals surface area contributed by atoms with Crippen molar-refractivity contribution in [3.05, 3.63) is 20.9 Å². The Morgan fingerprint density at radius 1 is 1.45 bits per heavy atom. The van der Waals surface area contributed by atoms with E-state index in [1.807, 2.05) is 0 Å². The lowest BCUT2D eigenvalue weighted by atomic mass is 9.76. The number of hydrogen-bond donors (Lipinski definition) is 2. The topological polar surface area (TPSA) is 75.6 Å². The molecule has 0 aliphatic heterocycles. The molecule has 1 aromatic heterocycles. The number of nitrogens with one attached hydrogen (secondary N) is 1. The third-order valence-electron chi connectivity index (χ3n) is 3.64. The maximum Gasteiger partial charge on any atom is 0.407 e. The van der Waals surface area contributed by atoms with Gasteiger partial charge in [0.05, 0.1) is 19.2 Å². The average Bonchev–Trinajstić information content (AvgIpc) is 2.72. The molecule has 2 rings (SSSR count). The number of carboxylic acid groups (broad SMARTS) is 1. The van der Waals surface area contributed by atoms with Crippen LogP contribution in [0.1, 0.15) is 45.9 Å². The Kier molecular flexibility index (Phi) is 4.04. The van der Waals surface area contributed by atoms with Crippen LogP contribution >= 0.6 is 11.3 Å². The molecule has 0 fully saturated rings. The number of thiophene rings is 1. The van der Waals surface area contributed by atoms with Crippen LogP contribution in [0.4, 0.5) is 4.79 Å². The third-order valence-corrected chi connectivity index (χ3v) is 4.93. The zero-order valence-corrected chi connectivity index (χ0v) is 12.7. The van der Waals surface area contributed by atoms with Gasteiger partial charge in [0.15, 0.2) is 0 Å². The van der Waals surface area contributed by atoms with Gasteiger partial charge >= 0.3 is 12.1 Å². The molecular weight excluding hydrogens is 278 g/mol. The second kappa shape index (κ2) is 5.44. The highest BCUT2D eigenvalue weighted by Gasteiger charge is 2.32. The number of fused-ring (bicyclic) bond motifs is 1. The molecule has 2 N–H and O–H groups in total. The van der Waals surface area contributed by atoms with Gasteiger partial charge in [0, 0.05) is 9.75 Å². The van der Waals surface area contributed by atoms with Crippen molar-refractivity contribution in [1.29, 1.82) is 0 Å². The van der Waals surface area contributed by atoms with Crippen molar-refractivity contribution in [2.45, 2.75) is 39.7 Å². The minimum Gasteiger partial charge on any atom is -0.478 e. The number of hydrogen-bond acceptors (Lipinski definition) is 4. The molecule has 20 heavy (non-hydrogen) atoms. The maximum atomic E-state index is 11.5. The van der Waals surface area contributed by atoms with Crippen LogP contribution in [0.15, 0.2) is 0 Å². The summed E-state index contributed by atoms with van der Waals surface area (Å²) in [6.45, 7) is 4.52. The number of aromatic carboxylic acids is 1. The molecule has 5 nitrogen and oxygen atoms in total. The summed E-state index contributed by atoms with van der Waals surface area (Å²) in [6, 6.07) is 0. The van der Waals surface area contributed by atoms with Gasteiger partial charge in [-0.3, -0.25) is 0 Å². The van der Waals surface area contributed by atoms with E-state index in [4.69, 9.17) is 0 Å². The van der Waals surface area contributed by atoms with E-state index in [0.29, 0.717) is 10.4 Å². The van der Waals surface area contributed by atoms with Gasteiger partial charge in [-0.2, -0.15) is 0 Å². The number of methoxy groups -OCH3 is 1. The quantitative estimate of drug-likeness (QED) is 0.899. The molecule has 0 unspecified atom stereocenters. The average molecular weight is 297 g/mol. The van der Waals surface area contributed by atoms with Gasteiger partial charge in [-0.25, -0.2) is 9.59 Å². The van der Waals surface area contributed by atoms with Crippen LogP contribution in [0.2, 0.25) is 0 Å². The second-order valence-electron chi connectivity index (χ2n) is 5.79. The first-order chi connectivity index (χ1) is 9.34. The molecular formula is C14H19NO4S. The van der Waals surface area contributed by atoms with Crippen molar-refractivity contribution in [3.8, 4) is 0 Å². The first-order valence-corrected chi connectivity index (χ1v) is 7.34. The first-order valence-electron chi connectivity index (χ1n) is 6.52. The zero-order valence-electron chi connectivity index (χ0n) is 11.9. The van der Waals surface area contributed by atoms with Crippen molar-refractivity contribution < 1.29 is 19.4 Å². The molecule has 0 saturated carbocycles. The summed E-state index contributed by atoms with van der Waals surface area (Å²) in [5.41, 5.74) is 1.44. The Hall–Kier alpha value is -1.56. The molecule has 0 radical (unpaired) electrons. The van der Waals surface area contributed by atoms with Crippen LogP contribution in [0.25, 0.3) is 0 Å². The molecule has 1 heterocycles. The lowest BCUT2D eigenvalue weighted by Gasteiger charge is -2.29. The lowest BCUT2D eigenvalue weighted by Crippen LogP contribution is -2.24. The zero-order chi connectivity index (χ0) is 14.9. The van der Waals surface area contributed by atoms with Crippen molar-refractivity contribution in [1.82, 2.24) is 5.32 Å². The highest BCUT2D eigenvalue weighted by atomic mass is 32.1. The largest absolute Gasteiger partial charge is 0.478 e. The molecule has 0 aromatic carbocycles. The molecule has 0 saturated heterocycles. The van der Waals surface area contributed by atoms with E-state index in [0.717, 1.165) is 29.7 Å². The predicted molar refractivity (Wildman–Crippen MR) is 76.3 cm³/mol. The van der Waals surface area contributed by atoms with Gasteiger partial charge in [-0.15, -0.1) is 11.3 Å². The molecule has 0 bridgehead atoms. The lowest BCUT2D eigenvalue weighted by molar-refractivity contribution is 0.0693. The number of amides is 1. The SMILES string of the molecule is COC(=O)NCc1sc2c(c1C(=O)O)CC(C)(C)CC2. The van der Waals surface area contributed by atoms with E-state index in [1.165, 1.54) is 18.4 Å². The minimum atomic E-state index is -0.915. The summed E-state index contributed by atoms with van der Waals surface area (Å²) < 4.78 is 4.51. The van der Waals surface area contributed by atoms with E-state index < -0.39 is 12.1 Å². The normalized spacial score (nSPS) is 16.4. The summed E-state index contributed by atoms with van der Waals surface area (Å²) >= 11 is 1.49. The molecule has 1 aliphatic rings. The van der Waals surface area contributed by atoms with Crippen LogP contribution in [-0.2, 0) is 24.1 Å². The van der Waals surface area contributed by atoms with Crippen LogP contribution in [0.3, 0.4) is 0 Å². The Morgan fingerprint density at radius 2 is 2.15 bits per heavy atom. The fourth-order valence-corrected chi connectivity index (χ4v) is 3.83. The van der Waals surface area contributed by atoms with Gasteiger partial charge < -0.3 is 15.2 Å². The Bertz CT molecular complexity index is 548. The van der Waals surface area contributed by atoms with Crippen LogP contribution in [0, 0.1) is 5.41 Å². The molecule has 6 heteroatoms. The highest BCUT2D eigenvalue weighted by molar-refractivity contribution is 7.12. The van der Waals surface area contributed by atoms with Gasteiger partial charge in [0.1, 0.15) is 0 Å². The van der Waals surface area contributed by atoms with Gasteiger partial charge in [-0.1, -0.05) is 13.8 Å². The first kappa shape index (κ1) is 14.8. The van der Waals surface area contributed by atoms with E-state index in [9.17, 15) is 14.7 Å². The second-order valence-corrected chi connectivity index (χ2v) is 6.98. The number of alkyl carbamates (subject to hydrolysis) is 1. The van der Waals surface area contributed by atoms with E-state index in [2.05, 4.69) is 23.9 Å². The Labute approximate surface area is 121 Å². The van der Waals surface area contributed by atoms with Crippen LogP contribution in [0.5, 0.6) is 0 Å². The fourth-order valence-electron chi connectivity index (χ4n) is 2.57.